The van der Waals surface area contributed by atoms with Gasteiger partial charge in [-0.05, 0) is 43.5 Å². The molecule has 1 saturated carbocycles. The second-order valence-corrected chi connectivity index (χ2v) is 8.73. The smallest absolute Gasteiger partial charge is 0.303 e. The van der Waals surface area contributed by atoms with Crippen LogP contribution in [0.2, 0.25) is 0 Å². The molecule has 34 heavy (non-hydrogen) atoms. The van der Waals surface area contributed by atoms with Crippen molar-refractivity contribution in [1.82, 2.24) is 20.7 Å². The van der Waals surface area contributed by atoms with E-state index in [0.29, 0.717) is 23.5 Å². The average Bonchev–Trinajstić information content (AvgIpc) is 3.57. The molecule has 11 nitrogen and oxygen atoms in total. The molecule has 2 heterocycles. The first-order valence-electron chi connectivity index (χ1n) is 11.2. The minimum absolute atomic E-state index is 0.000631. The van der Waals surface area contributed by atoms with Crippen molar-refractivity contribution in [2.24, 2.45) is 5.92 Å². The molecular weight excluding hydrogens is 440 g/mol. The standard InChI is InChI=1S/C23H26N6O5/c1-13-11-28(12-25-20(30)6-7-21(31)32)23(34)19-9-18(27-29(13)19)16-5-2-14(10-24)8-17(16)26-22(33)15-3-4-15/h2,5,8-9,13,15,18,27H,3-4,6-7,11-12H2,1H3,(H,25,30)(H,26,33)(H,31,32). The summed E-state index contributed by atoms with van der Waals surface area (Å²) in [5.41, 5.74) is 5.43. The number of rotatable bonds is 8. The second kappa shape index (κ2) is 9.52. The topological polar surface area (TPSA) is 155 Å². The molecule has 1 aromatic rings. The van der Waals surface area contributed by atoms with Crippen LogP contribution in [0.25, 0.3) is 0 Å². The van der Waals surface area contributed by atoms with Gasteiger partial charge in [0.05, 0.1) is 36.8 Å². The van der Waals surface area contributed by atoms with Crippen LogP contribution in [0.5, 0.6) is 0 Å². The van der Waals surface area contributed by atoms with E-state index in [9.17, 15) is 24.4 Å². The van der Waals surface area contributed by atoms with E-state index in [0.717, 1.165) is 18.4 Å². The molecule has 0 aromatic heterocycles. The van der Waals surface area contributed by atoms with Gasteiger partial charge in [-0.3, -0.25) is 24.2 Å². The zero-order valence-electron chi connectivity index (χ0n) is 18.7. The third kappa shape index (κ3) is 5.02. The Hall–Kier alpha value is -3.91. The molecule has 1 aromatic carbocycles. The lowest BCUT2D eigenvalue weighted by molar-refractivity contribution is -0.139. The monoisotopic (exact) mass is 466 g/mol. The summed E-state index contributed by atoms with van der Waals surface area (Å²) in [6.45, 7) is 2.27. The number of benzene rings is 1. The summed E-state index contributed by atoms with van der Waals surface area (Å²) in [5, 5.41) is 25.3. The summed E-state index contributed by atoms with van der Waals surface area (Å²) in [5.74, 6) is -1.84. The van der Waals surface area contributed by atoms with Crippen molar-refractivity contribution in [1.29, 1.82) is 5.26 Å². The number of carboxylic acid groups (broad SMARTS) is 1. The summed E-state index contributed by atoms with van der Waals surface area (Å²) in [4.78, 5) is 49.5. The van der Waals surface area contributed by atoms with Crippen LogP contribution in [0.15, 0.2) is 30.0 Å². The number of nitriles is 1. The molecule has 0 spiro atoms. The first-order valence-corrected chi connectivity index (χ1v) is 11.2. The number of hydrogen-bond donors (Lipinski definition) is 4. The van der Waals surface area contributed by atoms with Crippen molar-refractivity contribution < 1.29 is 24.3 Å². The lowest BCUT2D eigenvalue weighted by Crippen LogP contribution is -2.57. The number of carbonyl (C=O) groups excluding carboxylic acids is 3. The lowest BCUT2D eigenvalue weighted by atomic mass is 10.0. The van der Waals surface area contributed by atoms with Gasteiger partial charge in [-0.25, -0.2) is 5.43 Å². The fourth-order valence-electron chi connectivity index (χ4n) is 4.05. The van der Waals surface area contributed by atoms with Gasteiger partial charge in [0.2, 0.25) is 11.8 Å². The first kappa shape index (κ1) is 23.3. The molecule has 3 amide bonds. The van der Waals surface area contributed by atoms with E-state index in [-0.39, 0.29) is 43.3 Å². The molecule has 4 rings (SSSR count). The van der Waals surface area contributed by atoms with Gasteiger partial charge in [0, 0.05) is 24.6 Å². The second-order valence-electron chi connectivity index (χ2n) is 8.73. The first-order chi connectivity index (χ1) is 16.3. The highest BCUT2D eigenvalue weighted by atomic mass is 16.4. The number of anilines is 1. The maximum absolute atomic E-state index is 13.1. The molecule has 4 N–H and O–H groups in total. The van der Waals surface area contributed by atoms with Gasteiger partial charge in [0.15, 0.2) is 0 Å². The third-order valence-corrected chi connectivity index (χ3v) is 6.05. The predicted octanol–water partition coefficient (Wildman–Crippen LogP) is 0.821. The van der Waals surface area contributed by atoms with Crippen LogP contribution in [0.4, 0.5) is 5.69 Å². The highest BCUT2D eigenvalue weighted by molar-refractivity contribution is 5.96. The normalized spacial score (nSPS) is 21.4. The van der Waals surface area contributed by atoms with Gasteiger partial charge in [-0.15, -0.1) is 0 Å². The molecule has 1 aliphatic carbocycles. The van der Waals surface area contributed by atoms with Gasteiger partial charge in [0.1, 0.15) is 5.70 Å². The number of carbonyl (C=O) groups is 4. The molecule has 2 fully saturated rings. The van der Waals surface area contributed by atoms with E-state index in [1.807, 2.05) is 6.92 Å². The summed E-state index contributed by atoms with van der Waals surface area (Å²) >= 11 is 0. The van der Waals surface area contributed by atoms with Gasteiger partial charge < -0.3 is 20.6 Å². The third-order valence-electron chi connectivity index (χ3n) is 6.05. The van der Waals surface area contributed by atoms with Crippen LogP contribution in [-0.2, 0) is 19.2 Å². The van der Waals surface area contributed by atoms with E-state index in [1.165, 1.54) is 4.90 Å². The van der Waals surface area contributed by atoms with Crippen molar-refractivity contribution >= 4 is 29.4 Å². The Labute approximate surface area is 196 Å². The van der Waals surface area contributed by atoms with E-state index in [1.54, 1.807) is 29.3 Å². The average molecular weight is 466 g/mol. The fraction of sp³-hybridized carbons (Fsp3) is 0.435. The summed E-state index contributed by atoms with van der Waals surface area (Å²) in [6, 6.07) is 6.66. The van der Waals surface area contributed by atoms with Gasteiger partial charge in [-0.1, -0.05) is 6.07 Å². The van der Waals surface area contributed by atoms with E-state index < -0.39 is 17.9 Å². The van der Waals surface area contributed by atoms with Crippen LogP contribution in [0, 0.1) is 17.2 Å². The molecule has 178 valence electrons. The Morgan fingerprint density at radius 2 is 2.03 bits per heavy atom. The molecule has 0 radical (unpaired) electrons. The number of carboxylic acids is 1. The highest BCUT2D eigenvalue weighted by Crippen LogP contribution is 2.35. The minimum Gasteiger partial charge on any atom is -0.481 e. The minimum atomic E-state index is -1.06. The van der Waals surface area contributed by atoms with Crippen molar-refractivity contribution in [3.05, 3.63) is 41.1 Å². The maximum Gasteiger partial charge on any atom is 0.303 e. The van der Waals surface area contributed by atoms with Crippen molar-refractivity contribution in [2.45, 2.75) is 44.7 Å². The fourth-order valence-corrected chi connectivity index (χ4v) is 4.05. The Balaban J connectivity index is 1.50. The number of nitrogens with zero attached hydrogens (tertiary/aromatic N) is 3. The Bertz CT molecular complexity index is 1110. The quantitative estimate of drug-likeness (QED) is 0.439. The molecule has 2 unspecified atom stereocenters. The molecule has 3 aliphatic rings. The van der Waals surface area contributed by atoms with Crippen LogP contribution in [0.3, 0.4) is 0 Å². The number of piperazine rings is 1. The van der Waals surface area contributed by atoms with Crippen LogP contribution in [0.1, 0.15) is 49.8 Å². The SMILES string of the molecule is CC1CN(CNC(=O)CCC(=O)O)C(=O)C2=CC(c3ccc(C#N)cc3NC(=O)C3CC3)NN21. The zero-order valence-corrected chi connectivity index (χ0v) is 18.7. The van der Waals surface area contributed by atoms with E-state index >= 15 is 0 Å². The highest BCUT2D eigenvalue weighted by Gasteiger charge is 2.40. The molecule has 2 atom stereocenters. The van der Waals surface area contributed by atoms with E-state index in [4.69, 9.17) is 5.11 Å². The number of aliphatic carboxylic acids is 1. The van der Waals surface area contributed by atoms with Crippen molar-refractivity contribution in [3.63, 3.8) is 0 Å². The Morgan fingerprint density at radius 1 is 1.26 bits per heavy atom. The Kier molecular flexibility index (Phi) is 6.51. The predicted molar refractivity (Wildman–Crippen MR) is 119 cm³/mol. The number of amides is 3. The molecule has 1 saturated heterocycles. The molecule has 2 aliphatic heterocycles. The number of nitrogens with one attached hydrogen (secondary N) is 3. The lowest BCUT2D eigenvalue weighted by Gasteiger charge is -2.39. The largest absolute Gasteiger partial charge is 0.481 e. The number of fused-ring (bicyclic) bond motifs is 1. The van der Waals surface area contributed by atoms with Crippen LogP contribution < -0.4 is 16.1 Å². The van der Waals surface area contributed by atoms with E-state index in [2.05, 4.69) is 22.1 Å². The summed E-state index contributed by atoms with van der Waals surface area (Å²) in [6.07, 6.45) is 3.05. The number of hydrogen-bond acceptors (Lipinski definition) is 7. The van der Waals surface area contributed by atoms with Gasteiger partial charge >= 0.3 is 5.97 Å². The Morgan fingerprint density at radius 3 is 2.71 bits per heavy atom. The van der Waals surface area contributed by atoms with Gasteiger partial charge in [-0.2, -0.15) is 5.26 Å². The summed E-state index contributed by atoms with van der Waals surface area (Å²) < 4.78 is 0. The summed E-state index contributed by atoms with van der Waals surface area (Å²) in [7, 11) is 0. The maximum atomic E-state index is 13.1. The molecule has 11 heteroatoms. The number of hydrazine groups is 1. The molecular formula is C23H26N6O5. The van der Waals surface area contributed by atoms with Crippen molar-refractivity contribution in [2.75, 3.05) is 18.5 Å². The molecule has 0 bridgehead atoms. The van der Waals surface area contributed by atoms with Crippen LogP contribution in [-0.4, -0.2) is 58.0 Å². The van der Waals surface area contributed by atoms with Gasteiger partial charge in [0.25, 0.3) is 5.91 Å². The van der Waals surface area contributed by atoms with Crippen LogP contribution >= 0.6 is 0 Å². The van der Waals surface area contributed by atoms with Crippen molar-refractivity contribution in [3.8, 4) is 6.07 Å². The zero-order chi connectivity index (χ0) is 24.4.